The van der Waals surface area contributed by atoms with Gasteiger partial charge in [0.25, 0.3) is 5.91 Å². The zero-order chi connectivity index (χ0) is 45.8. The lowest BCUT2D eigenvalue weighted by Crippen LogP contribution is -2.77. The van der Waals surface area contributed by atoms with Gasteiger partial charge in [-0.2, -0.15) is 0 Å². The number of aliphatic hydroxyl groups excluding tert-OH is 2. The van der Waals surface area contributed by atoms with Crippen LogP contribution < -0.4 is 5.32 Å². The lowest BCUT2D eigenvalue weighted by molar-refractivity contribution is -0.332. The van der Waals surface area contributed by atoms with Crippen LogP contribution in [0.25, 0.3) is 0 Å². The van der Waals surface area contributed by atoms with Gasteiger partial charge in [0.2, 0.25) is 0 Å². The zero-order valence-electron chi connectivity index (χ0n) is 35.1. The normalized spacial score (nSPS) is 30.5. The van der Waals surface area contributed by atoms with Crippen molar-refractivity contribution in [2.45, 2.75) is 95.7 Å². The molecule has 16 heteroatoms. The van der Waals surface area contributed by atoms with Crippen LogP contribution in [-0.4, -0.2) is 94.6 Å². The molecule has 2 saturated carbocycles. The van der Waals surface area contributed by atoms with Gasteiger partial charge in [0.1, 0.15) is 29.9 Å². The van der Waals surface area contributed by atoms with Crippen LogP contribution in [0.3, 0.4) is 0 Å². The van der Waals surface area contributed by atoms with Crippen molar-refractivity contribution in [3.05, 3.63) is 130 Å². The van der Waals surface area contributed by atoms with E-state index < -0.39 is 124 Å². The standard InChI is InChI=1S/C47H47F2NO13/c1-23(2)46-21-32(61-44(58)37(54)36(27-13-9-7-10-14-27)50-42(56)28-15-11-8-12-16-28)24(3)35(46)38(60-25(4)51)40(55)45(6)33(53)20-34-47(22-59-34,63-26(5)52)39(45)41(46)62-43(57)29-17-30(48)19-31(49)18-29/h7-19,32-34,36-39,41,53-54H,1,20-22H2,2-6H3,(H,50,56)/t32?,33-,34+,36-,37?,38+,39?,41?,45+,46-,47-/m0/s1. The third kappa shape index (κ3) is 7.63. The molecule has 3 N–H and O–H groups in total. The number of benzene rings is 3. The van der Waals surface area contributed by atoms with E-state index >= 15 is 4.79 Å². The quantitative estimate of drug-likeness (QED) is 0.135. The molecule has 1 heterocycles. The SMILES string of the molecule is C=C(C)[C@@]12CC(OC(=O)C(O)[C@@H](NC(=O)c3ccccc3)c3ccccc3)C(C)=C1[C@@H](OC(C)=O)C(=O)[C@@]1(C)C(C2OC(=O)c2cc(F)cc(F)c2)[C@]2(OC(C)=O)CO[C@@H]2C[C@@H]1O. The first kappa shape index (κ1) is 44.9. The molecule has 0 radical (unpaired) electrons. The van der Waals surface area contributed by atoms with Gasteiger partial charge < -0.3 is 39.2 Å². The molecule has 332 valence electrons. The van der Waals surface area contributed by atoms with Gasteiger partial charge >= 0.3 is 23.9 Å². The number of hydrogen-bond donors (Lipinski definition) is 3. The number of aliphatic hydroxyl groups is 2. The van der Waals surface area contributed by atoms with E-state index in [1.807, 2.05) is 0 Å². The Balaban J connectivity index is 1.39. The van der Waals surface area contributed by atoms with E-state index in [9.17, 15) is 43.0 Å². The molecule has 1 saturated heterocycles. The number of esters is 4. The lowest BCUT2D eigenvalue weighted by atomic mass is 9.51. The highest BCUT2D eigenvalue weighted by Gasteiger charge is 2.78. The van der Waals surface area contributed by atoms with Crippen LogP contribution in [0.4, 0.5) is 8.78 Å². The molecule has 63 heavy (non-hydrogen) atoms. The number of carbonyl (C=O) groups is 6. The van der Waals surface area contributed by atoms with Crippen LogP contribution in [0.5, 0.6) is 0 Å². The minimum Gasteiger partial charge on any atom is -0.457 e. The highest BCUT2D eigenvalue weighted by molar-refractivity contribution is 5.97. The van der Waals surface area contributed by atoms with E-state index in [1.54, 1.807) is 60.7 Å². The first-order valence-corrected chi connectivity index (χ1v) is 20.3. The highest BCUT2D eigenvalue weighted by Crippen LogP contribution is 2.66. The van der Waals surface area contributed by atoms with E-state index in [0.717, 1.165) is 26.0 Å². The fourth-order valence-electron chi connectivity index (χ4n) is 10.1. The number of Topliss-reactive ketones (excluding diaryl/α,β-unsaturated/α-hetero) is 1. The maximum absolute atomic E-state index is 15.4. The Morgan fingerprint density at radius 3 is 2.06 bits per heavy atom. The summed E-state index contributed by atoms with van der Waals surface area (Å²) in [5.41, 5.74) is -5.51. The molecule has 3 aliphatic carbocycles. The first-order valence-electron chi connectivity index (χ1n) is 20.3. The van der Waals surface area contributed by atoms with Crippen molar-refractivity contribution in [2.75, 3.05) is 6.61 Å². The van der Waals surface area contributed by atoms with Gasteiger partial charge in [-0.15, -0.1) is 0 Å². The van der Waals surface area contributed by atoms with E-state index in [2.05, 4.69) is 11.9 Å². The van der Waals surface area contributed by atoms with Crippen molar-refractivity contribution in [3.63, 3.8) is 0 Å². The minimum absolute atomic E-state index is 0.0414. The zero-order valence-corrected chi connectivity index (χ0v) is 35.1. The van der Waals surface area contributed by atoms with E-state index in [0.29, 0.717) is 11.6 Å². The second kappa shape index (κ2) is 16.9. The molecule has 3 aromatic carbocycles. The predicted octanol–water partition coefficient (Wildman–Crippen LogP) is 4.82. The maximum atomic E-state index is 15.4. The van der Waals surface area contributed by atoms with Crippen molar-refractivity contribution in [3.8, 4) is 0 Å². The van der Waals surface area contributed by atoms with Gasteiger partial charge in [0, 0.05) is 38.3 Å². The molecule has 1 aliphatic heterocycles. The smallest absolute Gasteiger partial charge is 0.338 e. The van der Waals surface area contributed by atoms with E-state index in [1.165, 1.54) is 20.8 Å². The van der Waals surface area contributed by atoms with Crippen LogP contribution >= 0.6 is 0 Å². The Labute approximate surface area is 361 Å². The molecular formula is C47H47F2NO13. The number of ether oxygens (including phenoxy) is 5. The summed E-state index contributed by atoms with van der Waals surface area (Å²) < 4.78 is 59.4. The summed E-state index contributed by atoms with van der Waals surface area (Å²) in [5.74, 6) is -9.52. The average Bonchev–Trinajstić information content (AvgIpc) is 3.49. The first-order chi connectivity index (χ1) is 29.8. The van der Waals surface area contributed by atoms with Gasteiger partial charge in [-0.25, -0.2) is 18.4 Å². The summed E-state index contributed by atoms with van der Waals surface area (Å²) >= 11 is 0. The Hall–Kier alpha value is -6.10. The second-order valence-electron chi connectivity index (χ2n) is 16.8. The van der Waals surface area contributed by atoms with Gasteiger partial charge in [-0.3, -0.25) is 19.2 Å². The molecule has 0 aromatic heterocycles. The number of halogens is 2. The largest absolute Gasteiger partial charge is 0.457 e. The number of amides is 1. The van der Waals surface area contributed by atoms with Crippen LogP contribution in [-0.2, 0) is 42.9 Å². The highest BCUT2D eigenvalue weighted by atomic mass is 19.1. The van der Waals surface area contributed by atoms with Gasteiger partial charge in [0.05, 0.1) is 41.1 Å². The van der Waals surface area contributed by atoms with E-state index in [-0.39, 0.29) is 35.3 Å². The fourth-order valence-corrected chi connectivity index (χ4v) is 10.1. The van der Waals surface area contributed by atoms with Crippen molar-refractivity contribution in [1.29, 1.82) is 0 Å². The number of carbonyl (C=O) groups excluding carboxylic acids is 6. The summed E-state index contributed by atoms with van der Waals surface area (Å²) in [5, 5.41) is 26.5. The lowest BCUT2D eigenvalue weighted by Gasteiger charge is -2.63. The molecule has 1 amide bonds. The number of rotatable bonds is 11. The number of ketones is 1. The van der Waals surface area contributed by atoms with Crippen LogP contribution in [0, 0.1) is 28.4 Å². The molecule has 14 nitrogen and oxygen atoms in total. The summed E-state index contributed by atoms with van der Waals surface area (Å²) in [6, 6.07) is 16.9. The van der Waals surface area contributed by atoms with Crippen molar-refractivity contribution >= 4 is 35.6 Å². The molecule has 3 fully saturated rings. The average molecular weight is 872 g/mol. The summed E-state index contributed by atoms with van der Waals surface area (Å²) in [6.07, 6.45) is -10.3. The molecule has 4 unspecified atom stereocenters. The van der Waals surface area contributed by atoms with Crippen LogP contribution in [0.1, 0.15) is 79.8 Å². The Morgan fingerprint density at radius 2 is 1.51 bits per heavy atom. The molecule has 0 spiro atoms. The van der Waals surface area contributed by atoms with Gasteiger partial charge in [-0.05, 0) is 61.7 Å². The summed E-state index contributed by atoms with van der Waals surface area (Å²) in [7, 11) is 0. The monoisotopic (exact) mass is 871 g/mol. The second-order valence-corrected chi connectivity index (χ2v) is 16.8. The van der Waals surface area contributed by atoms with E-state index in [4.69, 9.17) is 23.7 Å². The fraction of sp³-hybridized carbons (Fsp3) is 0.404. The molecule has 4 aliphatic rings. The number of hydrogen-bond acceptors (Lipinski definition) is 13. The molecule has 11 atom stereocenters. The van der Waals surface area contributed by atoms with Crippen LogP contribution in [0.15, 0.2) is 102 Å². The molecular weight excluding hydrogens is 825 g/mol. The molecule has 0 bridgehead atoms. The molecule has 3 aromatic rings. The summed E-state index contributed by atoms with van der Waals surface area (Å²) in [6.45, 7) is 10.4. The number of fused-ring (bicyclic) bond motifs is 4. The number of nitrogens with one attached hydrogen (secondary N) is 1. The van der Waals surface area contributed by atoms with Crippen molar-refractivity contribution in [2.24, 2.45) is 16.7 Å². The summed E-state index contributed by atoms with van der Waals surface area (Å²) in [4.78, 5) is 83.4. The van der Waals surface area contributed by atoms with Gasteiger partial charge in [0.15, 0.2) is 23.6 Å². The minimum atomic E-state index is -2.06. The Bertz CT molecular complexity index is 2390. The topological polar surface area (TPSA) is 201 Å². The van der Waals surface area contributed by atoms with Crippen LogP contribution in [0.2, 0.25) is 0 Å². The van der Waals surface area contributed by atoms with Crippen molar-refractivity contribution < 1.29 is 71.4 Å². The molecule has 7 rings (SSSR count). The Morgan fingerprint density at radius 1 is 0.889 bits per heavy atom. The predicted molar refractivity (Wildman–Crippen MR) is 216 cm³/mol. The Kier molecular flexibility index (Phi) is 12.0. The maximum Gasteiger partial charge on any atom is 0.338 e. The van der Waals surface area contributed by atoms with Crippen molar-refractivity contribution in [1.82, 2.24) is 5.32 Å². The third-order valence-corrected chi connectivity index (χ3v) is 13.1. The third-order valence-electron chi connectivity index (χ3n) is 13.1. The van der Waals surface area contributed by atoms with Gasteiger partial charge in [-0.1, -0.05) is 60.7 Å².